The number of rotatable bonds is 13. The Bertz CT molecular complexity index is 313. The molecule has 2 atom stereocenters. The SMILES string of the molecule is CCCCCCCC/C=C/CCCCC1NC=CN1C(C)O. The second kappa shape index (κ2) is 12.6. The van der Waals surface area contributed by atoms with E-state index in [1.807, 2.05) is 24.2 Å². The van der Waals surface area contributed by atoms with E-state index in [1.54, 1.807) is 0 Å². The first-order valence-corrected chi connectivity index (χ1v) is 9.29. The number of unbranched alkanes of at least 4 members (excludes halogenated alkanes) is 8. The summed E-state index contributed by atoms with van der Waals surface area (Å²) in [5.41, 5.74) is 0. The van der Waals surface area contributed by atoms with Gasteiger partial charge in [0.05, 0.1) is 0 Å². The molecule has 0 aromatic carbocycles. The van der Waals surface area contributed by atoms with Crippen LogP contribution in [-0.4, -0.2) is 22.4 Å². The minimum atomic E-state index is -0.409. The predicted octanol–water partition coefficient (Wildman–Crippen LogP) is 4.89. The highest BCUT2D eigenvalue weighted by Gasteiger charge is 2.20. The third-order valence-electron chi connectivity index (χ3n) is 4.32. The van der Waals surface area contributed by atoms with E-state index in [9.17, 15) is 5.11 Å². The van der Waals surface area contributed by atoms with Crippen molar-refractivity contribution in [1.29, 1.82) is 0 Å². The lowest BCUT2D eigenvalue weighted by molar-refractivity contribution is 0.0255. The molecule has 0 aromatic heterocycles. The van der Waals surface area contributed by atoms with Gasteiger partial charge in [-0.15, -0.1) is 0 Å². The summed E-state index contributed by atoms with van der Waals surface area (Å²) in [5.74, 6) is 0. The van der Waals surface area contributed by atoms with Crippen LogP contribution in [0.15, 0.2) is 24.6 Å². The molecule has 0 saturated heterocycles. The van der Waals surface area contributed by atoms with Gasteiger partial charge in [0.25, 0.3) is 0 Å². The average Bonchev–Trinajstić information content (AvgIpc) is 2.97. The summed E-state index contributed by atoms with van der Waals surface area (Å²) in [6.07, 6.45) is 22.7. The normalized spacial score (nSPS) is 19.0. The molecule has 2 N–H and O–H groups in total. The fraction of sp³-hybridized carbons (Fsp3) is 0.789. The lowest BCUT2D eigenvalue weighted by Crippen LogP contribution is -2.40. The number of nitrogens with zero attached hydrogens (tertiary/aromatic N) is 1. The van der Waals surface area contributed by atoms with Gasteiger partial charge in [-0.1, -0.05) is 51.2 Å². The number of nitrogens with one attached hydrogen (secondary N) is 1. The Morgan fingerprint density at radius 1 is 1.05 bits per heavy atom. The summed E-state index contributed by atoms with van der Waals surface area (Å²) < 4.78 is 0. The van der Waals surface area contributed by atoms with Crippen molar-refractivity contribution in [2.24, 2.45) is 0 Å². The quantitative estimate of drug-likeness (QED) is 0.375. The monoisotopic (exact) mass is 308 g/mol. The van der Waals surface area contributed by atoms with Gasteiger partial charge in [-0.2, -0.15) is 0 Å². The molecule has 0 radical (unpaired) electrons. The minimum absolute atomic E-state index is 0.270. The summed E-state index contributed by atoms with van der Waals surface area (Å²) in [4.78, 5) is 1.98. The Hall–Kier alpha value is -0.960. The van der Waals surface area contributed by atoms with Gasteiger partial charge in [-0.05, 0) is 45.4 Å². The lowest BCUT2D eigenvalue weighted by atomic mass is 10.1. The second-order valence-electron chi connectivity index (χ2n) is 6.39. The van der Waals surface area contributed by atoms with Crippen LogP contribution >= 0.6 is 0 Å². The molecule has 0 amide bonds. The molecule has 2 unspecified atom stereocenters. The minimum Gasteiger partial charge on any atom is -0.374 e. The fourth-order valence-electron chi connectivity index (χ4n) is 2.93. The van der Waals surface area contributed by atoms with Crippen molar-refractivity contribution in [2.75, 3.05) is 0 Å². The molecule has 22 heavy (non-hydrogen) atoms. The van der Waals surface area contributed by atoms with E-state index in [1.165, 1.54) is 64.2 Å². The molecule has 0 spiro atoms. The van der Waals surface area contributed by atoms with Crippen LogP contribution in [0.2, 0.25) is 0 Å². The highest BCUT2D eigenvalue weighted by Crippen LogP contribution is 2.15. The third-order valence-corrected chi connectivity index (χ3v) is 4.32. The number of aliphatic hydroxyl groups excluding tert-OH is 1. The molecular formula is C19H36N2O. The topological polar surface area (TPSA) is 35.5 Å². The van der Waals surface area contributed by atoms with Crippen LogP contribution in [-0.2, 0) is 0 Å². The van der Waals surface area contributed by atoms with E-state index < -0.39 is 6.23 Å². The summed E-state index contributed by atoms with van der Waals surface area (Å²) in [6, 6.07) is 0. The fourth-order valence-corrected chi connectivity index (χ4v) is 2.93. The van der Waals surface area contributed by atoms with Crippen LogP contribution in [0.4, 0.5) is 0 Å². The van der Waals surface area contributed by atoms with Gasteiger partial charge in [0.1, 0.15) is 12.4 Å². The molecule has 0 bridgehead atoms. The van der Waals surface area contributed by atoms with Crippen molar-refractivity contribution in [1.82, 2.24) is 10.2 Å². The molecule has 0 fully saturated rings. The van der Waals surface area contributed by atoms with Crippen molar-refractivity contribution >= 4 is 0 Å². The van der Waals surface area contributed by atoms with E-state index >= 15 is 0 Å². The van der Waals surface area contributed by atoms with Crippen LogP contribution in [0.25, 0.3) is 0 Å². The maximum Gasteiger partial charge on any atom is 0.125 e. The molecule has 3 heteroatoms. The number of aliphatic hydroxyl groups is 1. The van der Waals surface area contributed by atoms with Crippen LogP contribution in [0.3, 0.4) is 0 Å². The van der Waals surface area contributed by atoms with Crippen LogP contribution < -0.4 is 5.32 Å². The van der Waals surface area contributed by atoms with E-state index in [2.05, 4.69) is 24.4 Å². The zero-order valence-electron chi connectivity index (χ0n) is 14.6. The van der Waals surface area contributed by atoms with Gasteiger partial charge in [0.15, 0.2) is 0 Å². The first-order valence-electron chi connectivity index (χ1n) is 9.29. The number of hydrogen-bond acceptors (Lipinski definition) is 3. The lowest BCUT2D eigenvalue weighted by Gasteiger charge is -2.28. The van der Waals surface area contributed by atoms with Crippen molar-refractivity contribution in [3.63, 3.8) is 0 Å². The zero-order valence-corrected chi connectivity index (χ0v) is 14.6. The summed E-state index contributed by atoms with van der Waals surface area (Å²) in [7, 11) is 0. The summed E-state index contributed by atoms with van der Waals surface area (Å²) in [5, 5.41) is 12.9. The smallest absolute Gasteiger partial charge is 0.125 e. The molecule has 1 aliphatic rings. The third kappa shape index (κ3) is 8.47. The van der Waals surface area contributed by atoms with Gasteiger partial charge < -0.3 is 15.3 Å². The predicted molar refractivity (Wildman–Crippen MR) is 95.2 cm³/mol. The van der Waals surface area contributed by atoms with E-state index in [0.29, 0.717) is 0 Å². The molecule has 1 heterocycles. The van der Waals surface area contributed by atoms with E-state index in [0.717, 1.165) is 6.42 Å². The zero-order chi connectivity index (χ0) is 16.0. The van der Waals surface area contributed by atoms with Gasteiger partial charge in [-0.25, -0.2) is 0 Å². The standard InChI is InChI=1S/C19H36N2O/c1-3-4-5-6-7-8-9-10-11-12-13-14-15-19-20-16-17-21(19)18(2)22/h10-11,16-20,22H,3-9,12-15H2,1-2H3/b11-10+. The van der Waals surface area contributed by atoms with Crippen molar-refractivity contribution in [2.45, 2.75) is 96.9 Å². The Morgan fingerprint density at radius 3 is 2.36 bits per heavy atom. The van der Waals surface area contributed by atoms with Crippen LogP contribution in [0.5, 0.6) is 0 Å². The first kappa shape index (κ1) is 19.1. The Labute approximate surface area is 137 Å². The Morgan fingerprint density at radius 2 is 1.68 bits per heavy atom. The Kier molecular flexibility index (Phi) is 10.9. The van der Waals surface area contributed by atoms with Gasteiger partial charge >= 0.3 is 0 Å². The van der Waals surface area contributed by atoms with E-state index in [4.69, 9.17) is 0 Å². The Balaban J connectivity index is 1.90. The van der Waals surface area contributed by atoms with Crippen molar-refractivity contribution < 1.29 is 5.11 Å². The van der Waals surface area contributed by atoms with Crippen LogP contribution in [0.1, 0.15) is 84.5 Å². The first-order chi connectivity index (χ1) is 10.8. The molecule has 3 nitrogen and oxygen atoms in total. The molecule has 128 valence electrons. The summed E-state index contributed by atoms with van der Waals surface area (Å²) in [6.45, 7) is 4.08. The molecule has 0 saturated carbocycles. The molecule has 1 aliphatic heterocycles. The molecule has 0 aliphatic carbocycles. The van der Waals surface area contributed by atoms with Gasteiger partial charge in [-0.3, -0.25) is 0 Å². The number of hydrogen-bond donors (Lipinski definition) is 2. The van der Waals surface area contributed by atoms with E-state index in [-0.39, 0.29) is 6.17 Å². The van der Waals surface area contributed by atoms with Gasteiger partial charge in [0.2, 0.25) is 0 Å². The van der Waals surface area contributed by atoms with Gasteiger partial charge in [0, 0.05) is 12.4 Å². The largest absolute Gasteiger partial charge is 0.374 e. The van der Waals surface area contributed by atoms with Crippen molar-refractivity contribution in [3.05, 3.63) is 24.6 Å². The molecular weight excluding hydrogens is 272 g/mol. The molecule has 1 rings (SSSR count). The van der Waals surface area contributed by atoms with Crippen molar-refractivity contribution in [3.8, 4) is 0 Å². The highest BCUT2D eigenvalue weighted by atomic mass is 16.3. The highest BCUT2D eigenvalue weighted by molar-refractivity contribution is 4.94. The maximum absolute atomic E-state index is 9.64. The maximum atomic E-state index is 9.64. The average molecular weight is 309 g/mol. The second-order valence-corrected chi connectivity index (χ2v) is 6.39. The molecule has 0 aromatic rings. The van der Waals surface area contributed by atoms with Crippen LogP contribution in [0, 0.1) is 0 Å². The number of allylic oxidation sites excluding steroid dienone is 2. The summed E-state index contributed by atoms with van der Waals surface area (Å²) >= 11 is 0.